The normalized spacial score (nSPS) is 14.6. The molecule has 3 rings (SSSR count). The van der Waals surface area contributed by atoms with E-state index >= 15 is 0 Å². The number of hydrogen-bond donors (Lipinski definition) is 1. The minimum absolute atomic E-state index is 0.280. The molecule has 0 atom stereocenters. The smallest absolute Gasteiger partial charge is 0.435 e. The molecule has 1 aliphatic carbocycles. The predicted octanol–water partition coefficient (Wildman–Crippen LogP) is 3.01. The standard InChI is InChI=1S/C15H18N2O3/c1-15(2,3)20-14(19)17-11-7-8-12(18)9-5-4-6-10(16-17)13(9)11/h7-8,18H,4-6H2,1-3H3. The topological polar surface area (TPSA) is 64.4 Å². The van der Waals surface area contributed by atoms with Crippen LogP contribution in [0.2, 0.25) is 0 Å². The molecule has 1 aromatic carbocycles. The van der Waals surface area contributed by atoms with E-state index in [1.54, 1.807) is 12.1 Å². The maximum Gasteiger partial charge on any atom is 0.435 e. The molecular weight excluding hydrogens is 256 g/mol. The lowest BCUT2D eigenvalue weighted by Crippen LogP contribution is -2.27. The van der Waals surface area contributed by atoms with Gasteiger partial charge in [0, 0.05) is 10.9 Å². The first-order valence-corrected chi connectivity index (χ1v) is 6.82. The van der Waals surface area contributed by atoms with Crippen LogP contribution in [-0.4, -0.2) is 26.6 Å². The summed E-state index contributed by atoms with van der Waals surface area (Å²) >= 11 is 0. The fourth-order valence-corrected chi connectivity index (χ4v) is 2.65. The van der Waals surface area contributed by atoms with Crippen LogP contribution in [0.25, 0.3) is 10.9 Å². The average molecular weight is 274 g/mol. The van der Waals surface area contributed by atoms with E-state index in [0.29, 0.717) is 5.52 Å². The van der Waals surface area contributed by atoms with Gasteiger partial charge in [-0.3, -0.25) is 0 Å². The molecule has 0 saturated carbocycles. The lowest BCUT2D eigenvalue weighted by Gasteiger charge is -2.19. The quantitative estimate of drug-likeness (QED) is 0.802. The summed E-state index contributed by atoms with van der Waals surface area (Å²) in [5.74, 6) is 0.280. The highest BCUT2D eigenvalue weighted by Gasteiger charge is 2.25. The van der Waals surface area contributed by atoms with Gasteiger partial charge in [0.1, 0.15) is 11.4 Å². The Balaban J connectivity index is 2.15. The van der Waals surface area contributed by atoms with Crippen LogP contribution in [0.15, 0.2) is 12.1 Å². The summed E-state index contributed by atoms with van der Waals surface area (Å²) in [5, 5.41) is 15.2. The third-order valence-electron chi connectivity index (χ3n) is 3.41. The number of aryl methyl sites for hydroxylation is 2. The number of phenols is 1. The van der Waals surface area contributed by atoms with Crippen LogP contribution in [0.1, 0.15) is 38.4 Å². The van der Waals surface area contributed by atoms with Crippen LogP contribution < -0.4 is 0 Å². The molecule has 20 heavy (non-hydrogen) atoms. The minimum Gasteiger partial charge on any atom is -0.508 e. The molecule has 0 amide bonds. The van der Waals surface area contributed by atoms with E-state index in [9.17, 15) is 9.90 Å². The van der Waals surface area contributed by atoms with Crippen molar-refractivity contribution in [3.8, 4) is 5.75 Å². The van der Waals surface area contributed by atoms with Crippen LogP contribution in [0.4, 0.5) is 4.79 Å². The molecular formula is C15H18N2O3. The molecule has 0 unspecified atom stereocenters. The van der Waals surface area contributed by atoms with Gasteiger partial charge >= 0.3 is 6.09 Å². The van der Waals surface area contributed by atoms with E-state index in [4.69, 9.17) is 4.74 Å². The van der Waals surface area contributed by atoms with Gasteiger partial charge in [-0.25, -0.2) is 4.79 Å². The summed E-state index contributed by atoms with van der Waals surface area (Å²) in [7, 11) is 0. The molecule has 1 heterocycles. The van der Waals surface area contributed by atoms with E-state index < -0.39 is 11.7 Å². The molecule has 1 aliphatic rings. The Morgan fingerprint density at radius 3 is 2.80 bits per heavy atom. The number of hydrogen-bond acceptors (Lipinski definition) is 4. The molecule has 1 aromatic heterocycles. The SMILES string of the molecule is CC(C)(C)OC(=O)n1nc2c3c(c(O)ccc31)CCC2. The van der Waals surface area contributed by atoms with Gasteiger partial charge in [-0.15, -0.1) is 0 Å². The number of carbonyl (C=O) groups excluding carboxylic acids is 1. The zero-order chi connectivity index (χ0) is 14.5. The lowest BCUT2D eigenvalue weighted by molar-refractivity contribution is 0.0522. The highest BCUT2D eigenvalue weighted by Crippen LogP contribution is 2.35. The molecule has 0 bridgehead atoms. The zero-order valence-electron chi connectivity index (χ0n) is 11.9. The number of aromatic nitrogens is 2. The Kier molecular flexibility index (Phi) is 2.74. The number of carbonyl (C=O) groups is 1. The molecule has 5 heteroatoms. The second-order valence-corrected chi connectivity index (χ2v) is 6.15. The summed E-state index contributed by atoms with van der Waals surface area (Å²) in [4.78, 5) is 12.2. The van der Waals surface area contributed by atoms with Gasteiger partial charge in [0.2, 0.25) is 0 Å². The Bertz CT molecular complexity index is 695. The molecule has 5 nitrogen and oxygen atoms in total. The summed E-state index contributed by atoms with van der Waals surface area (Å²) in [6.07, 6.45) is 2.09. The van der Waals surface area contributed by atoms with Gasteiger partial charge in [-0.1, -0.05) is 0 Å². The number of phenolic OH excluding ortho intramolecular Hbond substituents is 1. The maximum absolute atomic E-state index is 12.2. The van der Waals surface area contributed by atoms with Gasteiger partial charge in [0.15, 0.2) is 0 Å². The summed E-state index contributed by atoms with van der Waals surface area (Å²) < 4.78 is 6.69. The van der Waals surface area contributed by atoms with E-state index in [2.05, 4.69) is 5.10 Å². The highest BCUT2D eigenvalue weighted by atomic mass is 16.6. The van der Waals surface area contributed by atoms with E-state index in [1.165, 1.54) is 4.68 Å². The first kappa shape index (κ1) is 13.0. The van der Waals surface area contributed by atoms with E-state index in [1.807, 2.05) is 20.8 Å². The summed E-state index contributed by atoms with van der Waals surface area (Å²) in [5.41, 5.74) is 1.90. The lowest BCUT2D eigenvalue weighted by atomic mass is 9.94. The number of aromatic hydroxyl groups is 1. The van der Waals surface area contributed by atoms with Crippen molar-refractivity contribution in [3.63, 3.8) is 0 Å². The zero-order valence-corrected chi connectivity index (χ0v) is 11.9. The first-order chi connectivity index (χ1) is 9.37. The summed E-state index contributed by atoms with van der Waals surface area (Å²) in [6, 6.07) is 3.34. The van der Waals surface area contributed by atoms with Crippen molar-refractivity contribution >= 4 is 17.0 Å². The van der Waals surface area contributed by atoms with Gasteiger partial charge in [0.25, 0.3) is 0 Å². The Morgan fingerprint density at radius 2 is 2.10 bits per heavy atom. The van der Waals surface area contributed by atoms with Gasteiger partial charge in [-0.2, -0.15) is 9.78 Å². The molecule has 0 aliphatic heterocycles. The number of nitrogens with zero attached hydrogens (tertiary/aromatic N) is 2. The number of rotatable bonds is 0. The monoisotopic (exact) mass is 274 g/mol. The Hall–Kier alpha value is -2.04. The van der Waals surface area contributed by atoms with Crippen molar-refractivity contribution in [1.82, 2.24) is 9.78 Å². The molecule has 106 valence electrons. The predicted molar refractivity (Wildman–Crippen MR) is 75.1 cm³/mol. The largest absolute Gasteiger partial charge is 0.508 e. The second kappa shape index (κ2) is 4.23. The Morgan fingerprint density at radius 1 is 1.35 bits per heavy atom. The molecule has 0 radical (unpaired) electrons. The van der Waals surface area contributed by atoms with Crippen LogP contribution in [0.5, 0.6) is 5.75 Å². The highest BCUT2D eigenvalue weighted by molar-refractivity contribution is 5.93. The van der Waals surface area contributed by atoms with E-state index in [0.717, 1.165) is 35.9 Å². The number of ether oxygens (including phenoxy) is 1. The van der Waals surface area contributed by atoms with Crippen molar-refractivity contribution in [1.29, 1.82) is 0 Å². The minimum atomic E-state index is -0.560. The van der Waals surface area contributed by atoms with Gasteiger partial charge in [-0.05, 0) is 52.2 Å². The fourth-order valence-electron chi connectivity index (χ4n) is 2.65. The fraction of sp³-hybridized carbons (Fsp3) is 0.467. The Labute approximate surface area is 117 Å². The van der Waals surface area contributed by atoms with Gasteiger partial charge in [0.05, 0.1) is 11.2 Å². The van der Waals surface area contributed by atoms with Crippen molar-refractivity contribution in [2.45, 2.75) is 45.6 Å². The molecule has 0 spiro atoms. The van der Waals surface area contributed by atoms with Crippen molar-refractivity contribution < 1.29 is 14.6 Å². The molecule has 0 saturated heterocycles. The van der Waals surface area contributed by atoms with Crippen molar-refractivity contribution in [2.24, 2.45) is 0 Å². The van der Waals surface area contributed by atoms with E-state index in [-0.39, 0.29) is 5.75 Å². The number of benzene rings is 1. The molecule has 0 fully saturated rings. The van der Waals surface area contributed by atoms with Crippen molar-refractivity contribution in [2.75, 3.05) is 0 Å². The second-order valence-electron chi connectivity index (χ2n) is 6.15. The van der Waals surface area contributed by atoms with Crippen molar-refractivity contribution in [3.05, 3.63) is 23.4 Å². The third kappa shape index (κ3) is 2.03. The van der Waals surface area contributed by atoms with Crippen LogP contribution in [0.3, 0.4) is 0 Å². The molecule has 2 aromatic rings. The van der Waals surface area contributed by atoms with Crippen LogP contribution >= 0.6 is 0 Å². The summed E-state index contributed by atoms with van der Waals surface area (Å²) in [6.45, 7) is 5.48. The molecule has 1 N–H and O–H groups in total. The maximum atomic E-state index is 12.2. The van der Waals surface area contributed by atoms with Gasteiger partial charge < -0.3 is 9.84 Å². The first-order valence-electron chi connectivity index (χ1n) is 6.82. The van der Waals surface area contributed by atoms with Crippen LogP contribution in [0, 0.1) is 0 Å². The third-order valence-corrected chi connectivity index (χ3v) is 3.41. The average Bonchev–Trinajstić information content (AvgIpc) is 2.72. The van der Waals surface area contributed by atoms with Crippen LogP contribution in [-0.2, 0) is 17.6 Å².